The lowest BCUT2D eigenvalue weighted by atomic mass is 10.1. The van der Waals surface area contributed by atoms with E-state index in [0.29, 0.717) is 0 Å². The summed E-state index contributed by atoms with van der Waals surface area (Å²) in [6, 6.07) is 4.77. The molecule has 0 unspecified atom stereocenters. The number of carbonyl (C=O) groups is 2. The number of ether oxygens (including phenoxy) is 2. The smallest absolute Gasteiger partial charge is 0.414 e. The fourth-order valence-electron chi connectivity index (χ4n) is 2.06. The van der Waals surface area contributed by atoms with Crippen molar-refractivity contribution in [3.63, 3.8) is 0 Å². The topological polar surface area (TPSA) is 159 Å². The molecule has 0 aliphatic heterocycles. The van der Waals surface area contributed by atoms with Crippen LogP contribution in [0.4, 0.5) is 10.5 Å². The molecule has 11 nitrogen and oxygen atoms in total. The molecule has 0 aliphatic rings. The number of nitriles is 1. The zero-order chi connectivity index (χ0) is 28.8. The van der Waals surface area contributed by atoms with Crippen LogP contribution in [-0.4, -0.2) is 34.5 Å². The Morgan fingerprint density at radius 1 is 1.34 bits per heavy atom. The van der Waals surface area contributed by atoms with Gasteiger partial charge in [0.15, 0.2) is 5.75 Å². The quantitative estimate of drug-likeness (QED) is 0.395. The standard InChI is InChI=1S/C19H18Cl2N6O5/c1-4-31-19(30)23-18(29)14(8-22)25-24-10-5-12(20)16(13(21)6-10)32-15-7-11(9(2)3)17(28)27-26-15/h5-7,9,24H,4H2,1-3H3,(H,27,28)(H,23,29,30)/b25-14+/i2D3,3D3. The molecule has 2 aromatic rings. The van der Waals surface area contributed by atoms with Gasteiger partial charge in [-0.25, -0.2) is 9.89 Å². The number of nitrogens with zero attached hydrogens (tertiary/aromatic N) is 3. The number of imide groups is 1. The normalized spacial score (nSPS) is 14.5. The largest absolute Gasteiger partial charge is 0.450 e. The van der Waals surface area contributed by atoms with Crippen LogP contribution in [0.1, 0.15) is 40.3 Å². The molecule has 1 aromatic heterocycles. The Kier molecular flexibility index (Phi) is 5.91. The number of aromatic amines is 1. The molecule has 2 rings (SSSR count). The Hall–Kier alpha value is -3.62. The van der Waals surface area contributed by atoms with E-state index in [1.807, 2.05) is 5.10 Å². The maximum absolute atomic E-state index is 12.2. The molecular weight excluding hydrogens is 463 g/mol. The van der Waals surface area contributed by atoms with Crippen LogP contribution < -0.4 is 21.0 Å². The molecule has 0 saturated carbocycles. The molecule has 0 bridgehead atoms. The molecule has 0 spiro atoms. The van der Waals surface area contributed by atoms with E-state index < -0.39 is 54.3 Å². The fourth-order valence-corrected chi connectivity index (χ4v) is 2.62. The lowest BCUT2D eigenvalue weighted by Crippen LogP contribution is -2.36. The van der Waals surface area contributed by atoms with Crippen LogP contribution >= 0.6 is 23.2 Å². The molecule has 3 N–H and O–H groups in total. The van der Waals surface area contributed by atoms with Crippen LogP contribution in [0.2, 0.25) is 10.0 Å². The van der Waals surface area contributed by atoms with Gasteiger partial charge < -0.3 is 9.47 Å². The highest BCUT2D eigenvalue weighted by atomic mass is 35.5. The molecule has 1 heterocycles. The summed E-state index contributed by atoms with van der Waals surface area (Å²) >= 11 is 12.4. The Labute approximate surface area is 200 Å². The lowest BCUT2D eigenvalue weighted by molar-refractivity contribution is -0.114. The van der Waals surface area contributed by atoms with Crippen molar-refractivity contribution in [1.29, 1.82) is 5.26 Å². The highest BCUT2D eigenvalue weighted by molar-refractivity contribution is 6.47. The van der Waals surface area contributed by atoms with Gasteiger partial charge in [-0.3, -0.25) is 20.3 Å². The molecule has 2 amide bonds. The van der Waals surface area contributed by atoms with Gasteiger partial charge in [0.1, 0.15) is 6.07 Å². The first-order chi connectivity index (χ1) is 17.6. The SMILES string of the molecule is [2H]C([2H])([2H])C(c1cc(Oc2c(Cl)cc(N/N=C(\C#N)C(=O)NC(=O)OCC)cc2Cl)n[nH]c1=O)C([2H])([2H])[2H]. The van der Waals surface area contributed by atoms with E-state index in [-0.39, 0.29) is 28.1 Å². The van der Waals surface area contributed by atoms with Crippen molar-refractivity contribution < 1.29 is 27.3 Å². The number of hydrogen-bond donors (Lipinski definition) is 3. The number of amides is 2. The van der Waals surface area contributed by atoms with Gasteiger partial charge in [-0.05, 0) is 25.0 Å². The van der Waals surface area contributed by atoms with Gasteiger partial charge >= 0.3 is 6.09 Å². The first-order valence-corrected chi connectivity index (χ1v) is 9.32. The lowest BCUT2D eigenvalue weighted by Gasteiger charge is -2.12. The van der Waals surface area contributed by atoms with Crippen molar-refractivity contribution in [1.82, 2.24) is 15.5 Å². The molecule has 0 radical (unpaired) electrons. The first-order valence-electron chi connectivity index (χ1n) is 11.6. The van der Waals surface area contributed by atoms with Gasteiger partial charge in [-0.15, -0.1) is 5.10 Å². The maximum Gasteiger partial charge on any atom is 0.414 e. The van der Waals surface area contributed by atoms with Crippen molar-refractivity contribution in [3.8, 4) is 17.7 Å². The third-order valence-electron chi connectivity index (χ3n) is 3.43. The van der Waals surface area contributed by atoms with E-state index in [9.17, 15) is 14.4 Å². The summed E-state index contributed by atoms with van der Waals surface area (Å²) in [4.78, 5) is 35.5. The van der Waals surface area contributed by atoms with Gasteiger partial charge in [0.05, 0.1) is 22.3 Å². The number of anilines is 1. The van der Waals surface area contributed by atoms with Crippen molar-refractivity contribution in [3.05, 3.63) is 44.2 Å². The van der Waals surface area contributed by atoms with Gasteiger partial charge in [0.2, 0.25) is 11.6 Å². The minimum Gasteiger partial charge on any atom is -0.450 e. The highest BCUT2D eigenvalue weighted by Gasteiger charge is 2.17. The first kappa shape index (κ1) is 17.0. The molecule has 13 heteroatoms. The number of rotatable bonds is 7. The molecular formula is C19H18Cl2N6O5. The number of aromatic nitrogens is 2. The second-order valence-electron chi connectivity index (χ2n) is 5.65. The summed E-state index contributed by atoms with van der Waals surface area (Å²) in [5, 5.41) is 19.7. The van der Waals surface area contributed by atoms with E-state index in [1.165, 1.54) is 25.1 Å². The summed E-state index contributed by atoms with van der Waals surface area (Å²) in [5.74, 6) is -3.89. The van der Waals surface area contributed by atoms with Crippen LogP contribution in [0.3, 0.4) is 0 Å². The molecule has 32 heavy (non-hydrogen) atoms. The highest BCUT2D eigenvalue weighted by Crippen LogP contribution is 2.38. The Morgan fingerprint density at radius 2 is 2.03 bits per heavy atom. The van der Waals surface area contributed by atoms with Crippen molar-refractivity contribution in [2.75, 3.05) is 12.0 Å². The van der Waals surface area contributed by atoms with E-state index in [4.69, 9.17) is 41.4 Å². The van der Waals surface area contributed by atoms with E-state index in [0.717, 1.165) is 6.07 Å². The average Bonchev–Trinajstić information content (AvgIpc) is 2.77. The summed E-state index contributed by atoms with van der Waals surface area (Å²) < 4.78 is 55.3. The molecule has 0 saturated heterocycles. The number of halogens is 2. The number of hydrogen-bond acceptors (Lipinski definition) is 9. The fraction of sp³-hybridized carbons (Fsp3) is 0.263. The number of H-pyrrole nitrogens is 1. The summed E-state index contributed by atoms with van der Waals surface area (Å²) in [5.41, 5.74) is 0.0557. The van der Waals surface area contributed by atoms with E-state index in [1.54, 1.807) is 5.32 Å². The minimum absolute atomic E-state index is 0.00277. The predicted octanol–water partition coefficient (Wildman–Crippen LogP) is 3.56. The second kappa shape index (κ2) is 11.1. The number of carbonyl (C=O) groups excluding carboxylic acids is 2. The van der Waals surface area contributed by atoms with Crippen LogP contribution in [0.5, 0.6) is 11.6 Å². The van der Waals surface area contributed by atoms with Crippen molar-refractivity contribution in [2.24, 2.45) is 5.10 Å². The molecule has 1 aromatic carbocycles. The number of benzene rings is 1. The summed E-state index contributed by atoms with van der Waals surface area (Å²) in [7, 11) is 0. The molecule has 0 aliphatic carbocycles. The average molecular weight is 487 g/mol. The molecule has 168 valence electrons. The van der Waals surface area contributed by atoms with Gasteiger partial charge in [0, 0.05) is 19.9 Å². The van der Waals surface area contributed by atoms with Crippen LogP contribution in [0.25, 0.3) is 0 Å². The van der Waals surface area contributed by atoms with Gasteiger partial charge in [0.25, 0.3) is 11.5 Å². The van der Waals surface area contributed by atoms with Crippen molar-refractivity contribution >= 4 is 46.6 Å². The Balaban J connectivity index is 2.33. The van der Waals surface area contributed by atoms with E-state index in [2.05, 4.69) is 20.4 Å². The Morgan fingerprint density at radius 3 is 2.62 bits per heavy atom. The number of hydrazone groups is 1. The summed E-state index contributed by atoms with van der Waals surface area (Å²) in [6.45, 7) is -4.58. The number of alkyl carbamates (subject to hydrolysis) is 1. The second-order valence-corrected chi connectivity index (χ2v) is 6.47. The monoisotopic (exact) mass is 486 g/mol. The minimum atomic E-state index is -3.05. The third kappa shape index (κ3) is 6.44. The predicted molar refractivity (Wildman–Crippen MR) is 117 cm³/mol. The van der Waals surface area contributed by atoms with Crippen LogP contribution in [-0.2, 0) is 9.53 Å². The zero-order valence-electron chi connectivity index (χ0n) is 22.2. The Bertz CT molecular complexity index is 1320. The molecule has 0 atom stereocenters. The molecule has 0 fully saturated rings. The maximum atomic E-state index is 12.2. The van der Waals surface area contributed by atoms with Crippen LogP contribution in [0.15, 0.2) is 28.1 Å². The third-order valence-corrected chi connectivity index (χ3v) is 4.00. The van der Waals surface area contributed by atoms with Crippen LogP contribution in [0, 0.1) is 11.3 Å². The van der Waals surface area contributed by atoms with Crippen molar-refractivity contribution in [2.45, 2.75) is 26.5 Å². The zero-order valence-corrected chi connectivity index (χ0v) is 17.7. The summed E-state index contributed by atoms with van der Waals surface area (Å²) in [6.07, 6.45) is -1.07. The number of nitrogens with one attached hydrogen (secondary N) is 3. The van der Waals surface area contributed by atoms with Gasteiger partial charge in [-0.1, -0.05) is 36.9 Å². The van der Waals surface area contributed by atoms with Gasteiger partial charge in [-0.2, -0.15) is 10.4 Å². The van der Waals surface area contributed by atoms with E-state index >= 15 is 0 Å².